The molecule has 0 bridgehead atoms. The van der Waals surface area contributed by atoms with Crippen molar-refractivity contribution in [2.24, 2.45) is 0 Å². The lowest BCUT2D eigenvalue weighted by atomic mass is 10.1. The Morgan fingerprint density at radius 3 is 1.86 bits per heavy atom. The molecule has 0 radical (unpaired) electrons. The van der Waals surface area contributed by atoms with Gasteiger partial charge in [0.25, 0.3) is 0 Å². The fourth-order valence-electron chi connectivity index (χ4n) is 0.696. The molecule has 0 aliphatic rings. The van der Waals surface area contributed by atoms with Crippen molar-refractivity contribution in [1.29, 1.82) is 0 Å². The number of hydrogen-bond donors (Lipinski definition) is 0. The molecular formula is C11H19F3. The van der Waals surface area contributed by atoms with Gasteiger partial charge in [-0.1, -0.05) is 38.5 Å². The van der Waals surface area contributed by atoms with Crippen LogP contribution in [0.2, 0.25) is 0 Å². The minimum Gasteiger partial charge on any atom is -0.166 e. The van der Waals surface area contributed by atoms with E-state index in [0.29, 0.717) is 6.42 Å². The van der Waals surface area contributed by atoms with Crippen molar-refractivity contribution in [2.75, 3.05) is 0 Å². The molecule has 0 saturated heterocycles. The Hall–Kier alpha value is -0.730. The zero-order chi connectivity index (χ0) is 11.8. The van der Waals surface area contributed by atoms with Gasteiger partial charge in [0.15, 0.2) is 0 Å². The summed E-state index contributed by atoms with van der Waals surface area (Å²) in [4.78, 5) is 0. The average molecular weight is 208 g/mol. The van der Waals surface area contributed by atoms with E-state index in [1.807, 2.05) is 20.8 Å². The number of halogens is 3. The summed E-state index contributed by atoms with van der Waals surface area (Å²) in [5, 5.41) is 0. The average Bonchev–Trinajstić information content (AvgIpc) is 2.15. The predicted molar refractivity (Wildman–Crippen MR) is 55.2 cm³/mol. The summed E-state index contributed by atoms with van der Waals surface area (Å²) < 4.78 is 36.3. The van der Waals surface area contributed by atoms with Gasteiger partial charge in [0.05, 0.1) is 5.57 Å². The standard InChI is InChI=1S/C9H13F3.C2H6/c1-4-7(3)6-8(5-2)9(10,11)12;1-2/h5-6H,4H2,1-3H3;1-2H3/b7-6-,8-5+;. The second-order valence-electron chi connectivity index (χ2n) is 2.59. The summed E-state index contributed by atoms with van der Waals surface area (Å²) in [6.45, 7) is 8.91. The topological polar surface area (TPSA) is 0 Å². The predicted octanol–water partition coefficient (Wildman–Crippen LogP) is 4.88. The van der Waals surface area contributed by atoms with Crippen LogP contribution in [-0.2, 0) is 0 Å². The van der Waals surface area contributed by atoms with Gasteiger partial charge in [-0.25, -0.2) is 0 Å². The first kappa shape index (κ1) is 15.7. The van der Waals surface area contributed by atoms with Crippen molar-refractivity contribution in [3.05, 3.63) is 23.3 Å². The summed E-state index contributed by atoms with van der Waals surface area (Å²) in [7, 11) is 0. The molecule has 0 nitrogen and oxygen atoms in total. The fourth-order valence-corrected chi connectivity index (χ4v) is 0.696. The van der Waals surface area contributed by atoms with Gasteiger partial charge in [-0.3, -0.25) is 0 Å². The largest absolute Gasteiger partial charge is 0.416 e. The monoisotopic (exact) mass is 208 g/mol. The van der Waals surface area contributed by atoms with Gasteiger partial charge in [0.1, 0.15) is 0 Å². The molecule has 0 atom stereocenters. The molecule has 0 amide bonds. The van der Waals surface area contributed by atoms with E-state index in [1.54, 1.807) is 6.92 Å². The van der Waals surface area contributed by atoms with Crippen LogP contribution < -0.4 is 0 Å². The van der Waals surface area contributed by atoms with E-state index >= 15 is 0 Å². The summed E-state index contributed by atoms with van der Waals surface area (Å²) in [6.07, 6.45) is -1.31. The maximum absolute atomic E-state index is 12.1. The normalized spacial score (nSPS) is 13.4. The van der Waals surface area contributed by atoms with E-state index in [9.17, 15) is 13.2 Å². The van der Waals surface area contributed by atoms with Crippen LogP contribution in [0, 0.1) is 0 Å². The summed E-state index contributed by atoms with van der Waals surface area (Å²) in [5.74, 6) is 0. The van der Waals surface area contributed by atoms with Crippen LogP contribution in [0.3, 0.4) is 0 Å². The van der Waals surface area contributed by atoms with Gasteiger partial charge in [0.2, 0.25) is 0 Å². The molecule has 0 aliphatic heterocycles. The second kappa shape index (κ2) is 7.65. The first-order valence-corrected chi connectivity index (χ1v) is 4.82. The van der Waals surface area contributed by atoms with Gasteiger partial charge in [-0.15, -0.1) is 0 Å². The number of rotatable bonds is 2. The third kappa shape index (κ3) is 6.75. The van der Waals surface area contributed by atoms with E-state index in [2.05, 4.69) is 0 Å². The molecule has 84 valence electrons. The van der Waals surface area contributed by atoms with Gasteiger partial charge in [0, 0.05) is 0 Å². The van der Waals surface area contributed by atoms with Crippen LogP contribution >= 0.6 is 0 Å². The third-order valence-corrected chi connectivity index (χ3v) is 1.60. The maximum Gasteiger partial charge on any atom is 0.416 e. The Morgan fingerprint density at radius 2 is 1.64 bits per heavy atom. The Kier molecular flexibility index (Phi) is 8.60. The molecule has 0 fully saturated rings. The number of hydrogen-bond acceptors (Lipinski definition) is 0. The highest BCUT2D eigenvalue weighted by Crippen LogP contribution is 2.27. The van der Waals surface area contributed by atoms with Crippen molar-refractivity contribution in [1.82, 2.24) is 0 Å². The van der Waals surface area contributed by atoms with Crippen LogP contribution in [0.15, 0.2) is 23.3 Å². The third-order valence-electron chi connectivity index (χ3n) is 1.60. The maximum atomic E-state index is 12.1. The van der Waals surface area contributed by atoms with Gasteiger partial charge in [-0.2, -0.15) is 13.2 Å². The van der Waals surface area contributed by atoms with Crippen molar-refractivity contribution < 1.29 is 13.2 Å². The molecule has 0 aromatic rings. The van der Waals surface area contributed by atoms with Crippen LogP contribution in [-0.4, -0.2) is 6.18 Å². The lowest BCUT2D eigenvalue weighted by molar-refractivity contribution is -0.0883. The molecule has 0 heterocycles. The smallest absolute Gasteiger partial charge is 0.166 e. The van der Waals surface area contributed by atoms with Crippen LogP contribution in [0.25, 0.3) is 0 Å². The summed E-state index contributed by atoms with van der Waals surface area (Å²) in [6, 6.07) is 0. The first-order valence-electron chi connectivity index (χ1n) is 4.82. The Bertz CT molecular complexity index is 197. The van der Waals surface area contributed by atoms with Crippen molar-refractivity contribution in [2.45, 2.75) is 47.2 Å². The first-order chi connectivity index (χ1) is 6.41. The van der Waals surface area contributed by atoms with Gasteiger partial charge in [-0.05, 0) is 20.3 Å². The zero-order valence-corrected chi connectivity index (χ0v) is 9.50. The summed E-state index contributed by atoms with van der Waals surface area (Å²) >= 11 is 0. The van der Waals surface area contributed by atoms with Crippen molar-refractivity contribution in [3.8, 4) is 0 Å². The highest BCUT2D eigenvalue weighted by molar-refractivity contribution is 5.26. The molecule has 0 rings (SSSR count). The second-order valence-corrected chi connectivity index (χ2v) is 2.59. The zero-order valence-electron chi connectivity index (χ0n) is 9.50. The molecule has 0 spiro atoms. The van der Waals surface area contributed by atoms with E-state index < -0.39 is 11.7 Å². The number of alkyl halides is 3. The minimum atomic E-state index is -4.22. The highest BCUT2D eigenvalue weighted by Gasteiger charge is 2.30. The fraction of sp³-hybridized carbons (Fsp3) is 0.636. The molecule has 3 heteroatoms. The summed E-state index contributed by atoms with van der Waals surface area (Å²) in [5.41, 5.74) is 0.169. The van der Waals surface area contributed by atoms with E-state index in [1.165, 1.54) is 13.0 Å². The molecule has 0 aromatic carbocycles. The molecule has 14 heavy (non-hydrogen) atoms. The van der Waals surface area contributed by atoms with Gasteiger partial charge >= 0.3 is 6.18 Å². The minimum absolute atomic E-state index is 0.568. The van der Waals surface area contributed by atoms with E-state index in [4.69, 9.17) is 0 Å². The lowest BCUT2D eigenvalue weighted by Gasteiger charge is -2.07. The Labute approximate surface area is 84.5 Å². The lowest BCUT2D eigenvalue weighted by Crippen LogP contribution is -2.09. The van der Waals surface area contributed by atoms with E-state index in [0.717, 1.165) is 11.6 Å². The SMILES string of the molecule is C/C=C(\C=C(\C)CC)C(F)(F)F.CC. The quantitative estimate of drug-likeness (QED) is 0.567. The Balaban J connectivity index is 0. The molecular weight excluding hydrogens is 189 g/mol. The Morgan fingerprint density at radius 1 is 1.21 bits per heavy atom. The van der Waals surface area contributed by atoms with Crippen molar-refractivity contribution in [3.63, 3.8) is 0 Å². The molecule has 0 N–H and O–H groups in total. The highest BCUT2D eigenvalue weighted by atomic mass is 19.4. The van der Waals surface area contributed by atoms with E-state index in [-0.39, 0.29) is 0 Å². The molecule has 0 unspecified atom stereocenters. The molecule has 0 aliphatic carbocycles. The van der Waals surface area contributed by atoms with Gasteiger partial charge < -0.3 is 0 Å². The van der Waals surface area contributed by atoms with Crippen LogP contribution in [0.1, 0.15) is 41.0 Å². The number of allylic oxidation sites excluding steroid dienone is 4. The van der Waals surface area contributed by atoms with Crippen LogP contribution in [0.5, 0.6) is 0 Å². The molecule has 0 aromatic heterocycles. The van der Waals surface area contributed by atoms with Crippen molar-refractivity contribution >= 4 is 0 Å². The molecule has 0 saturated carbocycles. The van der Waals surface area contributed by atoms with Crippen LogP contribution in [0.4, 0.5) is 13.2 Å².